The maximum atomic E-state index is 13.0. The molecule has 8 nitrogen and oxygen atoms in total. The van der Waals surface area contributed by atoms with Gasteiger partial charge in [-0.25, -0.2) is 0 Å². The summed E-state index contributed by atoms with van der Waals surface area (Å²) in [4.78, 5) is 47.7. The highest BCUT2D eigenvalue weighted by Crippen LogP contribution is 2.31. The monoisotopic (exact) mass is 409 g/mol. The Morgan fingerprint density at radius 3 is 2.60 bits per heavy atom. The molecule has 0 aliphatic carbocycles. The van der Waals surface area contributed by atoms with Gasteiger partial charge in [0.25, 0.3) is 5.56 Å². The first kappa shape index (κ1) is 20.1. The van der Waals surface area contributed by atoms with E-state index in [4.69, 9.17) is 0 Å². The van der Waals surface area contributed by atoms with Crippen molar-refractivity contribution >= 4 is 29.3 Å². The summed E-state index contributed by atoms with van der Waals surface area (Å²) < 4.78 is 0. The van der Waals surface area contributed by atoms with Crippen molar-refractivity contribution in [2.24, 2.45) is 0 Å². The number of carbonyl (C=O) groups is 2. The van der Waals surface area contributed by atoms with Crippen molar-refractivity contribution in [2.75, 3.05) is 22.1 Å². The van der Waals surface area contributed by atoms with Gasteiger partial charge in [0.2, 0.25) is 17.8 Å². The van der Waals surface area contributed by atoms with Gasteiger partial charge in [0.05, 0.1) is 11.5 Å². The first-order chi connectivity index (χ1) is 14.3. The van der Waals surface area contributed by atoms with E-state index in [-0.39, 0.29) is 41.2 Å². The molecule has 1 saturated heterocycles. The van der Waals surface area contributed by atoms with E-state index in [1.807, 2.05) is 32.0 Å². The van der Waals surface area contributed by atoms with Crippen LogP contribution in [0.5, 0.6) is 0 Å². The second-order valence-corrected chi connectivity index (χ2v) is 8.36. The van der Waals surface area contributed by atoms with Gasteiger partial charge >= 0.3 is 0 Å². The fourth-order valence-corrected chi connectivity index (χ4v) is 4.41. The lowest BCUT2D eigenvalue weighted by molar-refractivity contribution is -0.123. The van der Waals surface area contributed by atoms with Crippen LogP contribution in [0.25, 0.3) is 0 Å². The molecule has 0 saturated carbocycles. The molecular weight excluding hydrogens is 382 g/mol. The Labute approximate surface area is 175 Å². The highest BCUT2D eigenvalue weighted by molar-refractivity contribution is 6.04. The molecule has 0 unspecified atom stereocenters. The zero-order chi connectivity index (χ0) is 21.4. The molecular formula is C22H27N5O3. The summed E-state index contributed by atoms with van der Waals surface area (Å²) >= 11 is 0. The number of amides is 2. The number of carbonyl (C=O) groups excluding carboxylic acids is 2. The molecule has 2 aliphatic rings. The Morgan fingerprint density at radius 2 is 1.90 bits per heavy atom. The highest BCUT2D eigenvalue weighted by atomic mass is 16.2. The minimum Gasteiger partial charge on any atom is -0.340 e. The van der Waals surface area contributed by atoms with Crippen LogP contribution in [0.15, 0.2) is 23.0 Å². The molecule has 2 atom stereocenters. The third-order valence-corrected chi connectivity index (χ3v) is 5.82. The smallest absolute Gasteiger partial charge is 0.258 e. The largest absolute Gasteiger partial charge is 0.340 e. The van der Waals surface area contributed by atoms with Crippen molar-refractivity contribution in [2.45, 2.75) is 58.4 Å². The average molecular weight is 409 g/mol. The van der Waals surface area contributed by atoms with Gasteiger partial charge in [-0.2, -0.15) is 4.98 Å². The number of aryl methyl sites for hydroxylation is 2. The first-order valence-electron chi connectivity index (χ1n) is 10.4. The molecule has 2 amide bonds. The summed E-state index contributed by atoms with van der Waals surface area (Å²) in [5.74, 6) is -0.968. The lowest BCUT2D eigenvalue weighted by Crippen LogP contribution is -2.42. The summed E-state index contributed by atoms with van der Waals surface area (Å²) in [6.45, 7) is 6.79. The van der Waals surface area contributed by atoms with Crippen molar-refractivity contribution in [3.63, 3.8) is 0 Å². The Morgan fingerprint density at radius 1 is 1.17 bits per heavy atom. The molecule has 2 aliphatic heterocycles. The number of rotatable bonds is 3. The van der Waals surface area contributed by atoms with Gasteiger partial charge in [-0.15, -0.1) is 0 Å². The van der Waals surface area contributed by atoms with E-state index < -0.39 is 5.92 Å². The number of hydrogen-bond donors (Lipinski definition) is 3. The number of fused-ring (bicyclic) bond motifs is 1. The van der Waals surface area contributed by atoms with E-state index in [2.05, 4.69) is 32.4 Å². The predicted molar refractivity (Wildman–Crippen MR) is 116 cm³/mol. The Bertz CT molecular complexity index is 1040. The van der Waals surface area contributed by atoms with Crippen molar-refractivity contribution in [3.05, 3.63) is 45.2 Å². The maximum Gasteiger partial charge on any atom is 0.258 e. The second-order valence-electron chi connectivity index (χ2n) is 8.36. The van der Waals surface area contributed by atoms with Crippen molar-refractivity contribution in [1.82, 2.24) is 9.97 Å². The Hall–Kier alpha value is -3.16. The SMILES string of the molecule is Cc1cc(C)cc(NC(=O)[C@H]2CC(=O)Nc3nc(N4CCCC[C@@H]4C)[nH]c(=O)c32)c1. The van der Waals surface area contributed by atoms with Crippen LogP contribution in [-0.4, -0.2) is 34.4 Å². The number of nitrogens with one attached hydrogen (secondary N) is 3. The fraction of sp³-hybridized carbons (Fsp3) is 0.455. The molecule has 0 spiro atoms. The number of nitrogens with zero attached hydrogens (tertiary/aromatic N) is 2. The van der Waals surface area contributed by atoms with E-state index in [0.717, 1.165) is 36.9 Å². The topological polar surface area (TPSA) is 107 Å². The molecule has 0 radical (unpaired) electrons. The van der Waals surface area contributed by atoms with Crippen LogP contribution >= 0.6 is 0 Å². The summed E-state index contributed by atoms with van der Waals surface area (Å²) in [7, 11) is 0. The number of H-pyrrole nitrogens is 1. The first-order valence-corrected chi connectivity index (χ1v) is 10.4. The fourth-order valence-electron chi connectivity index (χ4n) is 4.41. The van der Waals surface area contributed by atoms with Crippen LogP contribution in [0.4, 0.5) is 17.5 Å². The number of anilines is 3. The predicted octanol–water partition coefficient (Wildman–Crippen LogP) is 2.83. The number of aromatic amines is 1. The normalized spacial score (nSPS) is 21.0. The number of benzene rings is 1. The van der Waals surface area contributed by atoms with Crippen LogP contribution in [0, 0.1) is 13.8 Å². The zero-order valence-electron chi connectivity index (χ0n) is 17.5. The van der Waals surface area contributed by atoms with Gasteiger partial charge in [-0.05, 0) is 63.3 Å². The van der Waals surface area contributed by atoms with Crippen LogP contribution < -0.4 is 21.1 Å². The van der Waals surface area contributed by atoms with Crippen LogP contribution in [0.3, 0.4) is 0 Å². The van der Waals surface area contributed by atoms with Gasteiger partial charge in [0.15, 0.2) is 0 Å². The molecule has 158 valence electrons. The molecule has 1 fully saturated rings. The molecule has 3 heterocycles. The Balaban J connectivity index is 1.66. The summed E-state index contributed by atoms with van der Waals surface area (Å²) in [6, 6.07) is 5.98. The van der Waals surface area contributed by atoms with E-state index >= 15 is 0 Å². The minimum atomic E-state index is -0.890. The molecule has 0 bridgehead atoms. The molecule has 4 rings (SSSR count). The highest BCUT2D eigenvalue weighted by Gasteiger charge is 2.35. The average Bonchev–Trinajstić information content (AvgIpc) is 2.66. The van der Waals surface area contributed by atoms with E-state index in [9.17, 15) is 14.4 Å². The number of aromatic nitrogens is 2. The summed E-state index contributed by atoms with van der Waals surface area (Å²) in [5.41, 5.74) is 2.52. The van der Waals surface area contributed by atoms with E-state index in [1.165, 1.54) is 0 Å². The van der Waals surface area contributed by atoms with Gasteiger partial charge in [-0.3, -0.25) is 19.4 Å². The van der Waals surface area contributed by atoms with Crippen molar-refractivity contribution in [3.8, 4) is 0 Å². The lowest BCUT2D eigenvalue weighted by Gasteiger charge is -2.34. The molecule has 1 aromatic heterocycles. The maximum absolute atomic E-state index is 13.0. The lowest BCUT2D eigenvalue weighted by atomic mass is 9.92. The van der Waals surface area contributed by atoms with Crippen molar-refractivity contribution in [1.29, 1.82) is 0 Å². The van der Waals surface area contributed by atoms with Crippen LogP contribution in [0.1, 0.15) is 55.2 Å². The van der Waals surface area contributed by atoms with Gasteiger partial charge in [0, 0.05) is 24.7 Å². The third kappa shape index (κ3) is 3.94. The summed E-state index contributed by atoms with van der Waals surface area (Å²) in [5, 5.41) is 5.54. The van der Waals surface area contributed by atoms with Gasteiger partial charge in [0.1, 0.15) is 5.82 Å². The number of hydrogen-bond acceptors (Lipinski definition) is 5. The molecule has 2 aromatic rings. The van der Waals surface area contributed by atoms with Gasteiger partial charge < -0.3 is 15.5 Å². The number of piperidine rings is 1. The summed E-state index contributed by atoms with van der Waals surface area (Å²) in [6.07, 6.45) is 3.10. The third-order valence-electron chi connectivity index (χ3n) is 5.82. The van der Waals surface area contributed by atoms with E-state index in [1.54, 1.807) is 0 Å². The Kier molecular flexibility index (Phi) is 5.32. The molecule has 3 N–H and O–H groups in total. The standard InChI is InChI=1S/C22H27N5O3/c1-12-8-13(2)10-15(9-12)23-20(29)16-11-17(28)24-19-18(16)21(30)26-22(25-19)27-7-5-4-6-14(27)3/h8-10,14,16H,4-7,11H2,1-3H3,(H,23,29)(H2,24,25,26,28,30)/t14-,16-/m0/s1. The molecule has 8 heteroatoms. The quantitative estimate of drug-likeness (QED) is 0.723. The van der Waals surface area contributed by atoms with Crippen LogP contribution in [-0.2, 0) is 9.59 Å². The van der Waals surface area contributed by atoms with E-state index in [0.29, 0.717) is 11.6 Å². The van der Waals surface area contributed by atoms with Gasteiger partial charge in [-0.1, -0.05) is 6.07 Å². The zero-order valence-corrected chi connectivity index (χ0v) is 17.5. The van der Waals surface area contributed by atoms with Crippen molar-refractivity contribution < 1.29 is 9.59 Å². The molecule has 1 aromatic carbocycles. The minimum absolute atomic E-state index is 0.0894. The second kappa shape index (κ2) is 7.93. The van der Waals surface area contributed by atoms with Crippen LogP contribution in [0.2, 0.25) is 0 Å². The molecule has 30 heavy (non-hydrogen) atoms.